The molecule has 252 valence electrons. The van der Waals surface area contributed by atoms with E-state index in [9.17, 15) is 30.3 Å². The highest BCUT2D eigenvalue weighted by Crippen LogP contribution is 2.32. The monoisotopic (exact) mass is 624 g/mol. The van der Waals surface area contributed by atoms with Gasteiger partial charge in [-0.25, -0.2) is 0 Å². The van der Waals surface area contributed by atoms with Crippen LogP contribution in [0.1, 0.15) is 32.6 Å². The first-order chi connectivity index (χ1) is 20.3. The van der Waals surface area contributed by atoms with Gasteiger partial charge in [0.2, 0.25) is 0 Å². The van der Waals surface area contributed by atoms with Crippen molar-refractivity contribution in [2.45, 2.75) is 118 Å². The molecule has 1 aliphatic carbocycles. The smallest absolute Gasteiger partial charge is 0.251 e. The van der Waals surface area contributed by atoms with Gasteiger partial charge in [-0.3, -0.25) is 4.79 Å². The molecule has 3 fully saturated rings. The van der Waals surface area contributed by atoms with Crippen molar-refractivity contribution in [3.63, 3.8) is 0 Å². The molecule has 0 spiro atoms. The minimum absolute atomic E-state index is 0.00271. The van der Waals surface area contributed by atoms with Gasteiger partial charge < -0.3 is 82.7 Å². The van der Waals surface area contributed by atoms with Crippen molar-refractivity contribution in [1.29, 1.82) is 0 Å². The summed E-state index contributed by atoms with van der Waals surface area (Å²) < 4.78 is 23.9. The maximum Gasteiger partial charge on any atom is 0.251 e. The molecule has 1 amide bonds. The number of rotatable bonds is 14. The van der Waals surface area contributed by atoms with Gasteiger partial charge >= 0.3 is 0 Å². The summed E-state index contributed by atoms with van der Waals surface area (Å²) in [4.78, 5) is 12.9. The van der Waals surface area contributed by atoms with E-state index in [1.54, 1.807) is 7.05 Å². The fourth-order valence-corrected chi connectivity index (χ4v) is 5.88. The zero-order valence-corrected chi connectivity index (χ0v) is 24.8. The quantitative estimate of drug-likeness (QED) is 0.0800. The molecule has 3 rings (SSSR count). The number of nitrogens with two attached hydrogens (primary N) is 3. The third-order valence-corrected chi connectivity index (χ3v) is 8.32. The van der Waals surface area contributed by atoms with Gasteiger partial charge in [-0.05, 0) is 46.2 Å². The van der Waals surface area contributed by atoms with Gasteiger partial charge in [-0.2, -0.15) is 0 Å². The Kier molecular flexibility index (Phi) is 13.9. The lowest BCUT2D eigenvalue weighted by Crippen LogP contribution is -2.69. The first-order valence-electron chi connectivity index (χ1n) is 14.9. The number of aliphatic hydroxyl groups is 6. The third-order valence-electron chi connectivity index (χ3n) is 8.32. The number of aliphatic hydroxyl groups excluding tert-OH is 5. The van der Waals surface area contributed by atoms with Crippen LogP contribution in [0.2, 0.25) is 0 Å². The van der Waals surface area contributed by atoms with Crippen molar-refractivity contribution in [2.24, 2.45) is 17.2 Å². The van der Waals surface area contributed by atoms with Crippen LogP contribution >= 0.6 is 0 Å². The molecule has 2 aliphatic heterocycles. The summed E-state index contributed by atoms with van der Waals surface area (Å²) in [5.74, 6) is -0.935. The lowest BCUT2D eigenvalue weighted by atomic mass is 9.83. The Morgan fingerprint density at radius 3 is 2.44 bits per heavy atom. The molecule has 2 heterocycles. The summed E-state index contributed by atoms with van der Waals surface area (Å²) in [6, 6.07) is -3.25. The van der Waals surface area contributed by atoms with Crippen molar-refractivity contribution in [3.05, 3.63) is 0 Å². The SMILES string of the molecule is CN[C@@H]1[C@@H](O)[C@@H](O[C@@H]2[C@@H](O)[C@H](O[C@H]3O[C@H](CNCCO)CC[C@H]3N)[C@@H](N)C[C@H]2NC(=O)[C@@H](O)[C@@H](O)CCN)OC[C@]1(C)O. The van der Waals surface area contributed by atoms with E-state index < -0.39 is 84.9 Å². The summed E-state index contributed by atoms with van der Waals surface area (Å²) in [5.41, 5.74) is 16.7. The van der Waals surface area contributed by atoms with Gasteiger partial charge in [0.25, 0.3) is 5.91 Å². The number of amides is 1. The van der Waals surface area contributed by atoms with Crippen LogP contribution < -0.4 is 33.2 Å². The van der Waals surface area contributed by atoms with Gasteiger partial charge in [0, 0.05) is 19.1 Å². The summed E-state index contributed by atoms with van der Waals surface area (Å²) in [7, 11) is 1.56. The van der Waals surface area contributed by atoms with Crippen LogP contribution in [0, 0.1) is 0 Å². The Bertz CT molecular complexity index is 862. The Labute approximate surface area is 251 Å². The molecule has 0 radical (unpaired) electrons. The Balaban J connectivity index is 1.80. The number of hydrogen-bond acceptors (Lipinski definition) is 16. The van der Waals surface area contributed by atoms with Crippen molar-refractivity contribution >= 4 is 5.91 Å². The minimum Gasteiger partial charge on any atom is -0.395 e. The van der Waals surface area contributed by atoms with E-state index in [4.69, 9.17) is 41.3 Å². The van der Waals surface area contributed by atoms with Gasteiger partial charge in [0.05, 0.1) is 43.5 Å². The molecule has 15 N–H and O–H groups in total. The second kappa shape index (κ2) is 16.4. The van der Waals surface area contributed by atoms with E-state index in [1.807, 2.05) is 0 Å². The van der Waals surface area contributed by atoms with Crippen LogP contribution in [-0.4, -0.2) is 162 Å². The molecule has 0 aromatic heterocycles. The lowest BCUT2D eigenvalue weighted by molar-refractivity contribution is -0.307. The number of hydrogen-bond donors (Lipinski definition) is 12. The van der Waals surface area contributed by atoms with Crippen molar-refractivity contribution in [1.82, 2.24) is 16.0 Å². The maximum absolute atomic E-state index is 12.9. The first kappa shape index (κ1) is 36.3. The van der Waals surface area contributed by atoms with Gasteiger partial charge in [0.15, 0.2) is 18.7 Å². The summed E-state index contributed by atoms with van der Waals surface area (Å²) in [6.45, 7) is 2.15. The molecule has 0 bridgehead atoms. The number of nitrogens with one attached hydrogen (secondary N) is 3. The van der Waals surface area contributed by atoms with E-state index in [1.165, 1.54) is 6.92 Å². The molecule has 0 unspecified atom stereocenters. The molecule has 0 aromatic rings. The lowest BCUT2D eigenvalue weighted by Gasteiger charge is -2.49. The van der Waals surface area contributed by atoms with Crippen LogP contribution in [0.15, 0.2) is 0 Å². The standard InChI is InChI=1S/C26H52N6O11/c1-26(39)11-40-25(19(37)22(26)30-2)43-21-15(32-23(38)17(35)16(34)5-6-27)9-14(29)20(18(21)36)42-24-13(28)4-3-12(41-24)10-31-7-8-33/h12-22,24-25,30-31,33-37,39H,3-11,27-29H2,1-2H3,(H,32,38)/t12-,13+,14-,15+,16-,17-,18-,19+,20+,21-,22+,24+,25+,26-/m0/s1. The second-order valence-electron chi connectivity index (χ2n) is 11.9. The highest BCUT2D eigenvalue weighted by Gasteiger charge is 2.52. The predicted octanol–water partition coefficient (Wildman–Crippen LogP) is -6.13. The average molecular weight is 625 g/mol. The van der Waals surface area contributed by atoms with Gasteiger partial charge in [-0.15, -0.1) is 0 Å². The molecule has 1 saturated carbocycles. The molecule has 17 nitrogen and oxygen atoms in total. The summed E-state index contributed by atoms with van der Waals surface area (Å²) >= 11 is 0. The molecule has 43 heavy (non-hydrogen) atoms. The number of likely N-dealkylation sites (N-methyl/N-ethyl adjacent to an activating group) is 1. The van der Waals surface area contributed by atoms with Crippen molar-refractivity contribution in [2.75, 3.05) is 39.9 Å². The summed E-state index contributed by atoms with van der Waals surface area (Å²) in [6.07, 6.45) is -9.81. The second-order valence-corrected chi connectivity index (χ2v) is 11.9. The Hall–Kier alpha value is -1.13. The van der Waals surface area contributed by atoms with E-state index in [-0.39, 0.29) is 38.7 Å². The fourth-order valence-electron chi connectivity index (χ4n) is 5.88. The van der Waals surface area contributed by atoms with Gasteiger partial charge in [-0.1, -0.05) is 0 Å². The van der Waals surface area contributed by atoms with Crippen molar-refractivity contribution in [3.8, 4) is 0 Å². The molecule has 14 atom stereocenters. The summed E-state index contributed by atoms with van der Waals surface area (Å²) in [5, 5.41) is 71.1. The number of ether oxygens (including phenoxy) is 4. The minimum atomic E-state index is -1.81. The highest BCUT2D eigenvalue weighted by molar-refractivity contribution is 5.81. The largest absolute Gasteiger partial charge is 0.395 e. The third kappa shape index (κ3) is 9.21. The van der Waals surface area contributed by atoms with Crippen LogP contribution in [0.4, 0.5) is 0 Å². The van der Waals surface area contributed by atoms with E-state index in [0.29, 0.717) is 25.9 Å². The normalized spacial score (nSPS) is 41.9. The fraction of sp³-hybridized carbons (Fsp3) is 0.962. The zero-order valence-electron chi connectivity index (χ0n) is 24.8. The molecule has 0 aromatic carbocycles. The van der Waals surface area contributed by atoms with Gasteiger partial charge in [0.1, 0.15) is 30.0 Å². The van der Waals surface area contributed by atoms with E-state index in [2.05, 4.69) is 16.0 Å². The average Bonchev–Trinajstić information content (AvgIpc) is 2.95. The zero-order chi connectivity index (χ0) is 31.9. The Morgan fingerprint density at radius 2 is 1.79 bits per heavy atom. The van der Waals surface area contributed by atoms with E-state index >= 15 is 0 Å². The van der Waals surface area contributed by atoms with E-state index in [0.717, 1.165) is 0 Å². The number of carbonyl (C=O) groups excluding carboxylic acids is 1. The molecule has 17 heteroatoms. The molecular weight excluding hydrogens is 572 g/mol. The molecular formula is C26H52N6O11. The molecule has 3 aliphatic rings. The Morgan fingerprint density at radius 1 is 1.09 bits per heavy atom. The van der Waals surface area contributed by atoms with Crippen LogP contribution in [0.3, 0.4) is 0 Å². The highest BCUT2D eigenvalue weighted by atomic mass is 16.7. The van der Waals surface area contributed by atoms with Crippen LogP contribution in [0.5, 0.6) is 0 Å². The van der Waals surface area contributed by atoms with Crippen LogP contribution in [0.25, 0.3) is 0 Å². The molecule has 2 saturated heterocycles. The van der Waals surface area contributed by atoms with Crippen LogP contribution in [-0.2, 0) is 23.7 Å². The first-order valence-corrected chi connectivity index (χ1v) is 14.9. The number of carbonyl (C=O) groups is 1. The topological polar surface area (TPSA) is 290 Å². The maximum atomic E-state index is 12.9. The van der Waals surface area contributed by atoms with Crippen molar-refractivity contribution < 1.29 is 54.4 Å². The predicted molar refractivity (Wildman–Crippen MR) is 151 cm³/mol.